The lowest BCUT2D eigenvalue weighted by molar-refractivity contribution is 1.70. The molecule has 0 bridgehead atoms. The Morgan fingerprint density at radius 2 is 0.867 bits per heavy atom. The molecule has 0 fully saturated rings. The molecule has 0 aliphatic heterocycles. The van der Waals surface area contributed by atoms with Crippen molar-refractivity contribution in [2.75, 3.05) is 0 Å². The molecule has 2 heterocycles. The number of hydrogen-bond donors (Lipinski definition) is 0. The second-order valence-corrected chi connectivity index (χ2v) is 9.41. The summed E-state index contributed by atoms with van der Waals surface area (Å²) in [4.78, 5) is 4.06. The van der Waals surface area contributed by atoms with Crippen molar-refractivity contribution in [1.82, 2.24) is 0 Å². The van der Waals surface area contributed by atoms with Gasteiger partial charge in [-0.15, -0.1) is 22.7 Å². The van der Waals surface area contributed by atoms with Gasteiger partial charge in [0, 0.05) is 41.1 Å². The molecular weight excluding hydrogens is 400 g/mol. The number of benzene rings is 4. The molecule has 4 aromatic carbocycles. The lowest BCUT2D eigenvalue weighted by atomic mass is 10.0. The monoisotopic (exact) mass is 418 g/mol. The van der Waals surface area contributed by atoms with E-state index < -0.39 is 0 Å². The molecule has 0 radical (unpaired) electrons. The molecule has 0 nitrogen and oxygen atoms in total. The van der Waals surface area contributed by atoms with Gasteiger partial charge in [0.05, 0.1) is 0 Å². The Morgan fingerprint density at radius 3 is 1.53 bits per heavy atom. The van der Waals surface area contributed by atoms with E-state index in [0.29, 0.717) is 0 Å². The summed E-state index contributed by atoms with van der Waals surface area (Å²) in [5, 5.41) is 4.01. The smallest absolute Gasteiger partial charge is 0.0448 e. The zero-order chi connectivity index (χ0) is 19.9. The van der Waals surface area contributed by atoms with Gasteiger partial charge >= 0.3 is 0 Å². The molecule has 30 heavy (non-hydrogen) atoms. The van der Waals surface area contributed by atoms with Crippen LogP contribution < -0.4 is 0 Å². The van der Waals surface area contributed by atoms with E-state index in [0.717, 1.165) is 0 Å². The van der Waals surface area contributed by atoms with Crippen molar-refractivity contribution in [2.24, 2.45) is 0 Å². The average Bonchev–Trinajstić information content (AvgIpc) is 3.39. The lowest BCUT2D eigenvalue weighted by Gasteiger charge is -2.04. The highest BCUT2D eigenvalue weighted by atomic mass is 32.1. The SMILES string of the molecule is c1ccc(-c2sc3ccccc3c2-c2sc(-c3ccccc3)c3ccccc23)cc1. The van der Waals surface area contributed by atoms with Crippen LogP contribution >= 0.6 is 22.7 Å². The van der Waals surface area contributed by atoms with Gasteiger partial charge in [-0.25, -0.2) is 0 Å². The number of rotatable bonds is 3. The fourth-order valence-electron chi connectivity index (χ4n) is 4.14. The predicted molar refractivity (Wildman–Crippen MR) is 134 cm³/mol. The fourth-order valence-corrected chi connectivity index (χ4v) is 6.77. The van der Waals surface area contributed by atoms with Crippen LogP contribution in [0.4, 0.5) is 0 Å². The van der Waals surface area contributed by atoms with Crippen molar-refractivity contribution >= 4 is 43.5 Å². The first-order chi connectivity index (χ1) is 14.9. The van der Waals surface area contributed by atoms with Gasteiger partial charge in [0.1, 0.15) is 0 Å². The molecule has 0 saturated heterocycles. The van der Waals surface area contributed by atoms with Crippen LogP contribution in [0.25, 0.3) is 52.2 Å². The van der Waals surface area contributed by atoms with Crippen LogP contribution in [0.3, 0.4) is 0 Å². The highest BCUT2D eigenvalue weighted by molar-refractivity contribution is 7.25. The van der Waals surface area contributed by atoms with E-state index in [-0.39, 0.29) is 0 Å². The van der Waals surface area contributed by atoms with E-state index >= 15 is 0 Å². The quantitative estimate of drug-likeness (QED) is 0.269. The van der Waals surface area contributed by atoms with E-state index in [2.05, 4.69) is 109 Å². The minimum absolute atomic E-state index is 1.28. The Kier molecular flexibility index (Phi) is 4.26. The Labute approximate surface area is 183 Å². The maximum absolute atomic E-state index is 2.27. The van der Waals surface area contributed by atoms with Crippen LogP contribution in [-0.2, 0) is 0 Å². The summed E-state index contributed by atoms with van der Waals surface area (Å²) in [7, 11) is 0. The van der Waals surface area contributed by atoms with Crippen molar-refractivity contribution in [3.05, 3.63) is 109 Å². The first-order valence-electron chi connectivity index (χ1n) is 10.0. The number of hydrogen-bond acceptors (Lipinski definition) is 2. The second-order valence-electron chi connectivity index (χ2n) is 7.34. The molecule has 6 rings (SSSR count). The molecule has 0 atom stereocenters. The zero-order valence-electron chi connectivity index (χ0n) is 16.2. The first-order valence-corrected chi connectivity index (χ1v) is 11.7. The lowest BCUT2D eigenvalue weighted by Crippen LogP contribution is -1.78. The van der Waals surface area contributed by atoms with Crippen molar-refractivity contribution in [1.29, 1.82) is 0 Å². The molecule has 2 aromatic heterocycles. The normalized spacial score (nSPS) is 11.3. The fraction of sp³-hybridized carbons (Fsp3) is 0. The maximum Gasteiger partial charge on any atom is 0.0448 e. The molecule has 0 unspecified atom stereocenters. The Balaban J connectivity index is 1.72. The zero-order valence-corrected chi connectivity index (χ0v) is 17.8. The third-order valence-corrected chi connectivity index (χ3v) is 8.02. The van der Waals surface area contributed by atoms with Gasteiger partial charge < -0.3 is 0 Å². The summed E-state index contributed by atoms with van der Waals surface area (Å²) < 4.78 is 1.34. The summed E-state index contributed by atoms with van der Waals surface area (Å²) >= 11 is 3.81. The Hall–Kier alpha value is -3.20. The Morgan fingerprint density at radius 1 is 0.367 bits per heavy atom. The van der Waals surface area contributed by atoms with E-state index in [1.165, 1.54) is 52.2 Å². The summed E-state index contributed by atoms with van der Waals surface area (Å²) in [6.07, 6.45) is 0. The van der Waals surface area contributed by atoms with Gasteiger partial charge in [0.2, 0.25) is 0 Å². The first kappa shape index (κ1) is 17.6. The molecule has 142 valence electrons. The van der Waals surface area contributed by atoms with Crippen LogP contribution in [0.15, 0.2) is 109 Å². The molecule has 0 N–H and O–H groups in total. The standard InChI is InChI=1S/C28H18S2/c1-3-11-19(12-4-1)26-21-15-7-8-16-22(21)28(30-26)25-23-17-9-10-18-24(23)29-27(25)20-13-5-2-6-14-20/h1-18H. The third-order valence-electron chi connectivity index (χ3n) is 5.51. The molecule has 0 saturated carbocycles. The van der Waals surface area contributed by atoms with Gasteiger partial charge in [-0.05, 0) is 17.2 Å². The summed E-state index contributed by atoms with van der Waals surface area (Å²) in [6, 6.07) is 39.2. The van der Waals surface area contributed by atoms with E-state index in [1.807, 2.05) is 22.7 Å². The van der Waals surface area contributed by atoms with Gasteiger partial charge in [0.25, 0.3) is 0 Å². The molecule has 0 amide bonds. The average molecular weight is 419 g/mol. The highest BCUT2D eigenvalue weighted by Crippen LogP contribution is 2.51. The minimum Gasteiger partial charge on any atom is -0.135 e. The van der Waals surface area contributed by atoms with Crippen molar-refractivity contribution < 1.29 is 0 Å². The minimum atomic E-state index is 1.28. The van der Waals surface area contributed by atoms with Gasteiger partial charge in [-0.1, -0.05) is 103 Å². The van der Waals surface area contributed by atoms with Crippen LogP contribution in [-0.4, -0.2) is 0 Å². The summed E-state index contributed by atoms with van der Waals surface area (Å²) in [5.74, 6) is 0. The number of fused-ring (bicyclic) bond motifs is 2. The van der Waals surface area contributed by atoms with Gasteiger partial charge in [-0.2, -0.15) is 0 Å². The predicted octanol–water partition coefficient (Wildman–Crippen LogP) is 9.12. The van der Waals surface area contributed by atoms with E-state index in [4.69, 9.17) is 0 Å². The van der Waals surface area contributed by atoms with Crippen LogP contribution in [0, 0.1) is 0 Å². The van der Waals surface area contributed by atoms with Gasteiger partial charge in [-0.3, -0.25) is 0 Å². The van der Waals surface area contributed by atoms with Crippen molar-refractivity contribution in [3.8, 4) is 31.3 Å². The van der Waals surface area contributed by atoms with Crippen LogP contribution in [0.2, 0.25) is 0 Å². The largest absolute Gasteiger partial charge is 0.135 e. The summed E-state index contributed by atoms with van der Waals surface area (Å²) in [6.45, 7) is 0. The van der Waals surface area contributed by atoms with Crippen molar-refractivity contribution in [3.63, 3.8) is 0 Å². The maximum atomic E-state index is 2.27. The molecule has 6 aromatic rings. The topological polar surface area (TPSA) is 0 Å². The molecule has 0 aliphatic carbocycles. The van der Waals surface area contributed by atoms with E-state index in [1.54, 1.807) is 0 Å². The second kappa shape index (κ2) is 7.24. The molecule has 2 heteroatoms. The van der Waals surface area contributed by atoms with E-state index in [9.17, 15) is 0 Å². The molecular formula is C28H18S2. The third kappa shape index (κ3) is 2.80. The van der Waals surface area contributed by atoms with Crippen LogP contribution in [0.1, 0.15) is 0 Å². The van der Waals surface area contributed by atoms with Crippen molar-refractivity contribution in [2.45, 2.75) is 0 Å². The molecule has 0 aliphatic rings. The van der Waals surface area contributed by atoms with Crippen LogP contribution in [0.5, 0.6) is 0 Å². The number of thiophene rings is 2. The highest BCUT2D eigenvalue weighted by Gasteiger charge is 2.21. The summed E-state index contributed by atoms with van der Waals surface area (Å²) in [5.41, 5.74) is 3.93. The Bertz CT molecular complexity index is 1470. The molecule has 0 spiro atoms. The van der Waals surface area contributed by atoms with Gasteiger partial charge in [0.15, 0.2) is 0 Å².